The van der Waals surface area contributed by atoms with Crippen LogP contribution in [0.4, 0.5) is 0 Å². The maximum absolute atomic E-state index is 13.4. The molecule has 2 fully saturated rings. The van der Waals surface area contributed by atoms with E-state index >= 15 is 0 Å². The van der Waals surface area contributed by atoms with Gasteiger partial charge in [-0.25, -0.2) is 18.7 Å². The number of carbonyl (C=O) groups excluding carboxylic acids is 1. The molecule has 5 rings (SSSR count). The third-order valence-corrected chi connectivity index (χ3v) is 10.8. The fourth-order valence-corrected chi connectivity index (χ4v) is 8.57. The summed E-state index contributed by atoms with van der Waals surface area (Å²) in [5, 5.41) is 3.95. The summed E-state index contributed by atoms with van der Waals surface area (Å²) in [4.78, 5) is 24.2. The van der Waals surface area contributed by atoms with Crippen molar-refractivity contribution in [3.8, 4) is 21.8 Å². The quantitative estimate of drug-likeness (QED) is 0.442. The number of nitrogens with zero attached hydrogens (tertiary/aromatic N) is 2. The van der Waals surface area contributed by atoms with Gasteiger partial charge in [0, 0.05) is 35.3 Å². The number of carbonyl (C=O) groups is 1. The Morgan fingerprint density at radius 3 is 2.64 bits per heavy atom. The predicted molar refractivity (Wildman–Crippen MR) is 135 cm³/mol. The second-order valence-corrected chi connectivity index (χ2v) is 12.8. The minimum atomic E-state index is -3.55. The molecule has 0 spiro atoms. The average Bonchev–Trinajstić information content (AvgIpc) is 3.55. The predicted octanol–water partition coefficient (Wildman–Crippen LogP) is 4.53. The third kappa shape index (κ3) is 5.10. The summed E-state index contributed by atoms with van der Waals surface area (Å²) in [6, 6.07) is 11.5. The summed E-state index contributed by atoms with van der Waals surface area (Å²) in [5.74, 6) is 0.630. The Bertz CT molecular complexity index is 1310. The van der Waals surface area contributed by atoms with Gasteiger partial charge in [-0.15, -0.1) is 11.3 Å². The van der Waals surface area contributed by atoms with Gasteiger partial charge in [-0.1, -0.05) is 35.8 Å². The maximum Gasteiger partial charge on any atom is 0.245 e. The number of sulfone groups is 1. The lowest BCUT2D eigenvalue weighted by atomic mass is 9.94. The molecule has 1 amide bonds. The molecule has 2 aliphatic heterocycles. The Hall–Kier alpha value is -2.60. The molecule has 2 aliphatic rings. The van der Waals surface area contributed by atoms with Crippen LogP contribution in [0.2, 0.25) is 0 Å². The van der Waals surface area contributed by atoms with Crippen LogP contribution in [0.1, 0.15) is 55.7 Å². The number of rotatable bonds is 7. The maximum atomic E-state index is 13.4. The lowest BCUT2D eigenvalue weighted by molar-refractivity contribution is -0.200. The Kier molecular flexibility index (Phi) is 7.25. The largest absolute Gasteiger partial charge is 0.350 e. The molecule has 0 radical (unpaired) electrons. The molecule has 0 bridgehead atoms. The van der Waals surface area contributed by atoms with Gasteiger partial charge in [0.25, 0.3) is 0 Å². The van der Waals surface area contributed by atoms with Crippen molar-refractivity contribution in [1.82, 2.24) is 15.6 Å². The van der Waals surface area contributed by atoms with Crippen molar-refractivity contribution in [2.24, 2.45) is 0 Å². The second-order valence-electron chi connectivity index (χ2n) is 9.26. The smallest absolute Gasteiger partial charge is 0.245 e. The van der Waals surface area contributed by atoms with Gasteiger partial charge in [-0.05, 0) is 43.4 Å². The number of hydroxylamine groups is 1. The molecule has 2 aromatic heterocycles. The van der Waals surface area contributed by atoms with Gasteiger partial charge in [-0.2, -0.15) is 4.98 Å². The first-order chi connectivity index (χ1) is 17.4. The zero-order valence-corrected chi connectivity index (χ0v) is 21.7. The van der Waals surface area contributed by atoms with E-state index in [0.29, 0.717) is 42.5 Å². The number of aromatic nitrogens is 2. The molecule has 1 unspecified atom stereocenters. The topological polar surface area (TPSA) is 121 Å². The van der Waals surface area contributed by atoms with Crippen molar-refractivity contribution < 1.29 is 27.3 Å². The van der Waals surface area contributed by atoms with Gasteiger partial charge >= 0.3 is 0 Å². The number of amides is 1. The van der Waals surface area contributed by atoms with E-state index < -0.39 is 26.8 Å². The van der Waals surface area contributed by atoms with Crippen LogP contribution in [0, 0.1) is 6.92 Å². The van der Waals surface area contributed by atoms with Crippen molar-refractivity contribution in [2.75, 3.05) is 12.4 Å². The standard InChI is InChI=1S/C25H29N3O6S2/c1-17-26-24(28-33-17)19-9-7-18(8-10-19)20-11-12-21(35-20)25(13-3-5-15-36(25,30)31)16-22(29)27-34-23-6-2-4-14-32-23/h7-12,23H,2-6,13-16H2,1H3,(H,27,29)/t23?,25-/m0/s1. The van der Waals surface area contributed by atoms with Gasteiger partial charge in [0.1, 0.15) is 4.75 Å². The van der Waals surface area contributed by atoms with E-state index in [4.69, 9.17) is 14.1 Å². The van der Waals surface area contributed by atoms with E-state index in [2.05, 4.69) is 15.6 Å². The molecule has 3 aromatic rings. The first-order valence-corrected chi connectivity index (χ1v) is 14.6. The van der Waals surface area contributed by atoms with E-state index in [1.54, 1.807) is 6.92 Å². The van der Waals surface area contributed by atoms with E-state index in [9.17, 15) is 13.2 Å². The zero-order chi connectivity index (χ0) is 25.2. The first kappa shape index (κ1) is 25.1. The van der Waals surface area contributed by atoms with Gasteiger partial charge in [0.05, 0.1) is 12.2 Å². The van der Waals surface area contributed by atoms with Gasteiger partial charge in [-0.3, -0.25) is 4.79 Å². The van der Waals surface area contributed by atoms with E-state index in [-0.39, 0.29) is 12.2 Å². The SMILES string of the molecule is Cc1nc(-c2ccc(-c3ccc([C@@]4(CC(=O)NOC5CCCCO5)CCCCS4(=O)=O)s3)cc2)no1. The molecule has 36 heavy (non-hydrogen) atoms. The Morgan fingerprint density at radius 1 is 1.14 bits per heavy atom. The molecule has 0 aliphatic carbocycles. The van der Waals surface area contributed by atoms with Crippen molar-refractivity contribution in [2.45, 2.75) is 62.9 Å². The van der Waals surface area contributed by atoms with Crippen molar-refractivity contribution >= 4 is 27.1 Å². The molecule has 1 N–H and O–H groups in total. The first-order valence-electron chi connectivity index (χ1n) is 12.2. The van der Waals surface area contributed by atoms with Gasteiger partial charge in [0.2, 0.25) is 17.6 Å². The van der Waals surface area contributed by atoms with Crippen LogP contribution in [0.25, 0.3) is 21.8 Å². The molecule has 11 heteroatoms. The molecule has 2 saturated heterocycles. The van der Waals surface area contributed by atoms with Gasteiger partial charge in [0.15, 0.2) is 16.1 Å². The number of thiophene rings is 1. The summed E-state index contributed by atoms with van der Waals surface area (Å²) in [6.45, 7) is 2.33. The lowest BCUT2D eigenvalue weighted by Crippen LogP contribution is -2.45. The molecule has 4 heterocycles. The summed E-state index contributed by atoms with van der Waals surface area (Å²) >= 11 is 1.41. The number of ether oxygens (including phenoxy) is 1. The molecular formula is C25H29N3O6S2. The fraction of sp³-hybridized carbons (Fsp3) is 0.480. The van der Waals surface area contributed by atoms with Crippen molar-refractivity contribution in [3.05, 3.63) is 47.2 Å². The van der Waals surface area contributed by atoms with E-state index in [1.165, 1.54) is 11.3 Å². The lowest BCUT2D eigenvalue weighted by Gasteiger charge is -2.35. The number of aryl methyl sites for hydroxylation is 1. The number of hydrogen-bond donors (Lipinski definition) is 1. The van der Waals surface area contributed by atoms with E-state index in [0.717, 1.165) is 35.3 Å². The molecule has 192 valence electrons. The van der Waals surface area contributed by atoms with Crippen molar-refractivity contribution in [3.63, 3.8) is 0 Å². The van der Waals surface area contributed by atoms with Crippen LogP contribution < -0.4 is 5.48 Å². The summed E-state index contributed by atoms with van der Waals surface area (Å²) in [7, 11) is -3.55. The van der Waals surface area contributed by atoms with E-state index in [1.807, 2.05) is 36.4 Å². The monoisotopic (exact) mass is 531 g/mol. The Balaban J connectivity index is 1.37. The number of hydrogen-bond acceptors (Lipinski definition) is 9. The van der Waals surface area contributed by atoms with Crippen LogP contribution in [0.3, 0.4) is 0 Å². The third-order valence-electron chi connectivity index (χ3n) is 6.74. The Morgan fingerprint density at radius 2 is 1.94 bits per heavy atom. The normalized spacial score (nSPS) is 23.9. The Labute approximate surface area is 214 Å². The molecule has 1 aromatic carbocycles. The van der Waals surface area contributed by atoms with Crippen LogP contribution in [0.5, 0.6) is 0 Å². The van der Waals surface area contributed by atoms with Crippen LogP contribution >= 0.6 is 11.3 Å². The van der Waals surface area contributed by atoms with Crippen LogP contribution in [-0.4, -0.2) is 43.1 Å². The number of benzene rings is 1. The van der Waals surface area contributed by atoms with Crippen molar-refractivity contribution in [1.29, 1.82) is 0 Å². The highest BCUT2D eigenvalue weighted by atomic mass is 32.2. The van der Waals surface area contributed by atoms with Gasteiger partial charge < -0.3 is 9.26 Å². The number of nitrogens with one attached hydrogen (secondary N) is 1. The molecule has 2 atom stereocenters. The molecular weight excluding hydrogens is 502 g/mol. The highest BCUT2D eigenvalue weighted by molar-refractivity contribution is 7.92. The molecule has 9 nitrogen and oxygen atoms in total. The summed E-state index contributed by atoms with van der Waals surface area (Å²) in [6.07, 6.45) is 3.70. The highest BCUT2D eigenvalue weighted by Crippen LogP contribution is 2.47. The minimum absolute atomic E-state index is 0.0684. The average molecular weight is 532 g/mol. The van der Waals surface area contributed by atoms with Crippen LogP contribution in [0.15, 0.2) is 40.9 Å². The molecule has 0 saturated carbocycles. The minimum Gasteiger partial charge on any atom is -0.350 e. The summed E-state index contributed by atoms with van der Waals surface area (Å²) in [5.41, 5.74) is 4.23. The second kappa shape index (κ2) is 10.4. The summed E-state index contributed by atoms with van der Waals surface area (Å²) < 4.78 is 36.1. The van der Waals surface area contributed by atoms with Crippen LogP contribution in [-0.2, 0) is 29.0 Å². The zero-order valence-electron chi connectivity index (χ0n) is 20.1. The highest BCUT2D eigenvalue weighted by Gasteiger charge is 2.49. The fourth-order valence-electron chi connectivity index (χ4n) is 4.78.